The van der Waals surface area contributed by atoms with Gasteiger partial charge in [0.05, 0.1) is 11.1 Å². The number of unbranched alkanes of at least 4 members (excludes halogenated alkanes) is 2. The molecule has 9 nitrogen and oxygen atoms in total. The quantitative estimate of drug-likeness (QED) is 0.458. The van der Waals surface area contributed by atoms with E-state index < -0.39 is 33.4 Å². The summed E-state index contributed by atoms with van der Waals surface area (Å²) in [5.74, 6) is -0.584. The molecule has 0 radical (unpaired) electrons. The molecule has 1 aromatic carbocycles. The fourth-order valence-electron chi connectivity index (χ4n) is 3.24. The van der Waals surface area contributed by atoms with Crippen LogP contribution in [0.3, 0.4) is 0 Å². The Morgan fingerprint density at radius 3 is 2.09 bits per heavy atom. The number of aryl methyl sites for hydroxylation is 1. The molecule has 0 N–H and O–H groups in total. The first-order valence-electron chi connectivity index (χ1n) is 10.3. The third-order valence-corrected chi connectivity index (χ3v) is 6.49. The predicted octanol–water partition coefficient (Wildman–Crippen LogP) is 3.10. The monoisotopic (exact) mass is 488 g/mol. The summed E-state index contributed by atoms with van der Waals surface area (Å²) in [7, 11) is -4.35. The third kappa shape index (κ3) is 5.13. The average molecular weight is 488 g/mol. The van der Waals surface area contributed by atoms with E-state index in [0.29, 0.717) is 16.9 Å². The molecule has 0 fully saturated rings. The summed E-state index contributed by atoms with van der Waals surface area (Å²) >= 11 is 0. The topological polar surface area (TPSA) is 105 Å². The van der Waals surface area contributed by atoms with E-state index in [1.807, 2.05) is 13.8 Å². The van der Waals surface area contributed by atoms with E-state index in [-0.39, 0.29) is 29.0 Å². The molecule has 3 aromatic rings. The lowest BCUT2D eigenvalue weighted by atomic mass is 10.3. The maximum absolute atomic E-state index is 13.0. The number of hydrogen-bond acceptors (Lipinski definition) is 6. The number of benzene rings is 1. The number of alkyl halides is 3. The van der Waals surface area contributed by atoms with E-state index >= 15 is 0 Å². The van der Waals surface area contributed by atoms with E-state index in [1.54, 1.807) is 0 Å². The van der Waals surface area contributed by atoms with Gasteiger partial charge >= 0.3 is 12.1 Å². The fraction of sp³-hybridized carbons (Fsp3) is 0.450. The Morgan fingerprint density at radius 1 is 0.970 bits per heavy atom. The van der Waals surface area contributed by atoms with Gasteiger partial charge in [-0.05, 0) is 37.1 Å². The van der Waals surface area contributed by atoms with Crippen LogP contribution in [-0.2, 0) is 23.1 Å². The van der Waals surface area contributed by atoms with Crippen LogP contribution in [0, 0.1) is 0 Å². The molecule has 0 saturated heterocycles. The summed E-state index contributed by atoms with van der Waals surface area (Å²) in [6, 6.07) is 3.59. The Bertz CT molecular complexity index is 1360. The van der Waals surface area contributed by atoms with Crippen LogP contribution in [-0.4, -0.2) is 33.1 Å². The van der Waals surface area contributed by atoms with Crippen LogP contribution in [0.5, 0.6) is 5.75 Å². The van der Waals surface area contributed by atoms with Crippen molar-refractivity contribution < 1.29 is 26.3 Å². The highest BCUT2D eigenvalue weighted by atomic mass is 32.2. The molecule has 0 aliphatic carbocycles. The molecule has 0 aliphatic rings. The number of nitrogens with zero attached hydrogens (tertiary/aromatic N) is 4. The van der Waals surface area contributed by atoms with E-state index in [2.05, 4.69) is 9.84 Å². The molecule has 3 rings (SSSR count). The minimum Gasteiger partial charge on any atom is -0.406 e. The first kappa shape index (κ1) is 24.6. The lowest BCUT2D eigenvalue weighted by Crippen LogP contribution is -2.40. The Hall–Kier alpha value is -3.09. The van der Waals surface area contributed by atoms with Gasteiger partial charge in [0.25, 0.3) is 15.6 Å². The highest BCUT2D eigenvalue weighted by molar-refractivity contribution is 7.89. The van der Waals surface area contributed by atoms with Crippen LogP contribution >= 0.6 is 0 Å². The SMILES string of the molecule is CCCCn1c(=O)c2cn(S(=O)(=O)c3ccc(OC(F)(F)F)cc3)nc2n(CCCC)c1=O. The van der Waals surface area contributed by atoms with Crippen molar-refractivity contribution in [2.75, 3.05) is 0 Å². The Kier molecular flexibility index (Phi) is 7.00. The van der Waals surface area contributed by atoms with Crippen LogP contribution in [0.2, 0.25) is 0 Å². The van der Waals surface area contributed by atoms with Crippen LogP contribution < -0.4 is 16.0 Å². The maximum atomic E-state index is 13.0. The summed E-state index contributed by atoms with van der Waals surface area (Å²) in [4.78, 5) is 25.5. The number of rotatable bonds is 9. The van der Waals surface area contributed by atoms with Gasteiger partial charge in [0.2, 0.25) is 0 Å². The van der Waals surface area contributed by atoms with Gasteiger partial charge in [0, 0.05) is 13.1 Å². The highest BCUT2D eigenvalue weighted by Crippen LogP contribution is 2.25. The standard InChI is InChI=1S/C20H23F3N4O5S/c1-3-5-11-25-17-16(18(28)26(19(25)29)12-6-4-2)13-27(24-17)33(30,31)15-9-7-14(8-10-15)32-20(21,22)23/h7-10,13H,3-6,11-12H2,1-2H3. The number of aromatic nitrogens is 4. The molecule has 0 saturated carbocycles. The Labute approximate surface area is 187 Å². The van der Waals surface area contributed by atoms with Gasteiger partial charge in [-0.3, -0.25) is 13.9 Å². The second-order valence-corrected chi connectivity index (χ2v) is 9.16. The maximum Gasteiger partial charge on any atom is 0.573 e. The first-order chi connectivity index (χ1) is 15.5. The number of halogens is 3. The van der Waals surface area contributed by atoms with Gasteiger partial charge in [-0.15, -0.1) is 18.3 Å². The second kappa shape index (κ2) is 9.41. The normalized spacial score (nSPS) is 12.4. The van der Waals surface area contributed by atoms with Crippen molar-refractivity contribution in [2.24, 2.45) is 0 Å². The summed E-state index contributed by atoms with van der Waals surface area (Å²) in [5.41, 5.74) is -1.27. The van der Waals surface area contributed by atoms with Crippen molar-refractivity contribution in [1.82, 2.24) is 18.3 Å². The highest BCUT2D eigenvalue weighted by Gasteiger charge is 2.31. The molecule has 0 atom stereocenters. The van der Waals surface area contributed by atoms with E-state index in [0.717, 1.165) is 47.9 Å². The van der Waals surface area contributed by atoms with Crippen molar-refractivity contribution in [3.05, 3.63) is 51.3 Å². The minimum absolute atomic E-state index is 0.0394. The Morgan fingerprint density at radius 2 is 1.55 bits per heavy atom. The predicted molar refractivity (Wildman–Crippen MR) is 114 cm³/mol. The molecule has 13 heteroatoms. The van der Waals surface area contributed by atoms with Crippen LogP contribution in [0.4, 0.5) is 13.2 Å². The van der Waals surface area contributed by atoms with E-state index in [9.17, 15) is 31.2 Å². The van der Waals surface area contributed by atoms with Crippen molar-refractivity contribution in [3.63, 3.8) is 0 Å². The van der Waals surface area contributed by atoms with Crippen LogP contribution in [0.15, 0.2) is 44.9 Å². The van der Waals surface area contributed by atoms with Crippen molar-refractivity contribution in [1.29, 1.82) is 0 Å². The van der Waals surface area contributed by atoms with Gasteiger partial charge in [0.1, 0.15) is 11.1 Å². The average Bonchev–Trinajstić information content (AvgIpc) is 3.19. The van der Waals surface area contributed by atoms with Gasteiger partial charge in [-0.2, -0.15) is 12.5 Å². The largest absolute Gasteiger partial charge is 0.573 e. The van der Waals surface area contributed by atoms with Crippen molar-refractivity contribution >= 4 is 21.1 Å². The molecular weight excluding hydrogens is 465 g/mol. The third-order valence-electron chi connectivity index (χ3n) is 4.94. The summed E-state index contributed by atoms with van der Waals surface area (Å²) in [5, 5.41) is 3.97. The molecule has 0 aliphatic heterocycles. The van der Waals surface area contributed by atoms with Gasteiger partial charge < -0.3 is 4.74 Å². The lowest BCUT2D eigenvalue weighted by molar-refractivity contribution is -0.274. The minimum atomic E-state index is -4.92. The number of hydrogen-bond donors (Lipinski definition) is 0. The zero-order chi connectivity index (χ0) is 24.4. The number of ether oxygens (including phenoxy) is 1. The summed E-state index contributed by atoms with van der Waals surface area (Å²) < 4.78 is 69.8. The molecule has 0 spiro atoms. The zero-order valence-corrected chi connectivity index (χ0v) is 18.8. The van der Waals surface area contributed by atoms with Crippen molar-refractivity contribution in [3.8, 4) is 5.75 Å². The molecule has 0 bridgehead atoms. The summed E-state index contributed by atoms with van der Waals surface area (Å²) in [6.45, 7) is 4.27. The molecule has 0 amide bonds. The van der Waals surface area contributed by atoms with Gasteiger partial charge in [-0.1, -0.05) is 26.7 Å². The van der Waals surface area contributed by atoms with Gasteiger partial charge in [0.15, 0.2) is 5.65 Å². The molecule has 0 unspecified atom stereocenters. The first-order valence-corrected chi connectivity index (χ1v) is 11.8. The van der Waals surface area contributed by atoms with Crippen LogP contribution in [0.25, 0.3) is 11.0 Å². The molecule has 2 aromatic heterocycles. The van der Waals surface area contributed by atoms with Crippen LogP contribution in [0.1, 0.15) is 39.5 Å². The van der Waals surface area contributed by atoms with E-state index in [4.69, 9.17) is 0 Å². The smallest absolute Gasteiger partial charge is 0.406 e. The zero-order valence-electron chi connectivity index (χ0n) is 18.0. The lowest BCUT2D eigenvalue weighted by Gasteiger charge is -2.10. The summed E-state index contributed by atoms with van der Waals surface area (Å²) in [6.07, 6.45) is -1.18. The molecule has 33 heavy (non-hydrogen) atoms. The van der Waals surface area contributed by atoms with Gasteiger partial charge in [-0.25, -0.2) is 4.79 Å². The fourth-order valence-corrected chi connectivity index (χ4v) is 4.36. The molecule has 180 valence electrons. The number of fused-ring (bicyclic) bond motifs is 1. The molecule has 2 heterocycles. The molecular formula is C20H23F3N4O5S. The Balaban J connectivity index is 2.12. The second-order valence-electron chi connectivity index (χ2n) is 7.36. The van der Waals surface area contributed by atoms with Crippen molar-refractivity contribution in [2.45, 2.75) is 63.9 Å². The van der Waals surface area contributed by atoms with E-state index in [1.165, 1.54) is 4.57 Å².